The number of nitrogens with zero attached hydrogens (tertiary/aromatic N) is 2. The van der Waals surface area contributed by atoms with E-state index in [1.807, 2.05) is 12.1 Å². The van der Waals surface area contributed by atoms with Crippen molar-refractivity contribution in [1.82, 2.24) is 10.2 Å². The molecule has 22 heavy (non-hydrogen) atoms. The zero-order valence-electron chi connectivity index (χ0n) is 11.8. The van der Waals surface area contributed by atoms with Crippen molar-refractivity contribution >= 4 is 29.3 Å². The zero-order valence-corrected chi connectivity index (χ0v) is 13.4. The van der Waals surface area contributed by atoms with Crippen LogP contribution in [0.4, 0.5) is 0 Å². The van der Waals surface area contributed by atoms with Crippen LogP contribution in [0.5, 0.6) is 0 Å². The molecule has 0 atom stereocenters. The van der Waals surface area contributed by atoms with E-state index in [2.05, 4.69) is 16.3 Å². The molecule has 0 amide bonds. The Bertz CT molecular complexity index is 685. The van der Waals surface area contributed by atoms with E-state index in [1.165, 1.54) is 30.2 Å². The van der Waals surface area contributed by atoms with Gasteiger partial charge in [0, 0.05) is 12.2 Å². The summed E-state index contributed by atoms with van der Waals surface area (Å²) in [5.74, 6) is 0.875. The standard InChI is InChI=1S/C15H15ClN2O3S/c16-12-8-10(9-3-4-9)5-6-11(12)14-17-18-15(21-14)22-7-1-2-13(19)20/h5-6,8-9H,1-4,7H2,(H,19,20). The molecule has 0 bridgehead atoms. The summed E-state index contributed by atoms with van der Waals surface area (Å²) in [5, 5.41) is 17.6. The molecule has 0 aliphatic heterocycles. The number of hydrogen-bond acceptors (Lipinski definition) is 5. The predicted octanol–water partition coefficient (Wildman–Crippen LogP) is 4.22. The van der Waals surface area contributed by atoms with Gasteiger partial charge in [-0.2, -0.15) is 0 Å². The van der Waals surface area contributed by atoms with Gasteiger partial charge in [0.05, 0.1) is 10.6 Å². The van der Waals surface area contributed by atoms with Gasteiger partial charge in [0.2, 0.25) is 5.89 Å². The maximum Gasteiger partial charge on any atom is 0.303 e. The van der Waals surface area contributed by atoms with Gasteiger partial charge >= 0.3 is 5.97 Å². The molecule has 1 saturated carbocycles. The first kappa shape index (κ1) is 15.4. The molecule has 1 aromatic carbocycles. The van der Waals surface area contributed by atoms with Gasteiger partial charge in [0.15, 0.2) is 0 Å². The molecule has 1 N–H and O–H groups in total. The number of carbonyl (C=O) groups is 1. The summed E-state index contributed by atoms with van der Waals surface area (Å²) >= 11 is 7.66. The zero-order chi connectivity index (χ0) is 15.5. The number of carboxylic acid groups (broad SMARTS) is 1. The van der Waals surface area contributed by atoms with Crippen LogP contribution in [0, 0.1) is 0 Å². The highest BCUT2D eigenvalue weighted by Gasteiger charge is 2.24. The molecule has 0 spiro atoms. The van der Waals surface area contributed by atoms with Crippen LogP contribution in [-0.2, 0) is 4.79 Å². The summed E-state index contributed by atoms with van der Waals surface area (Å²) in [6, 6.07) is 5.95. The highest BCUT2D eigenvalue weighted by molar-refractivity contribution is 7.99. The summed E-state index contributed by atoms with van der Waals surface area (Å²) < 4.78 is 5.58. The van der Waals surface area contributed by atoms with Crippen molar-refractivity contribution in [2.24, 2.45) is 0 Å². The molecule has 0 saturated heterocycles. The number of aliphatic carboxylic acids is 1. The van der Waals surface area contributed by atoms with Gasteiger partial charge in [-0.3, -0.25) is 4.79 Å². The van der Waals surface area contributed by atoms with Crippen LogP contribution in [0.15, 0.2) is 27.8 Å². The van der Waals surface area contributed by atoms with Crippen molar-refractivity contribution in [3.63, 3.8) is 0 Å². The fraction of sp³-hybridized carbons (Fsp3) is 0.400. The predicted molar refractivity (Wildman–Crippen MR) is 84.3 cm³/mol. The van der Waals surface area contributed by atoms with Crippen molar-refractivity contribution in [3.8, 4) is 11.5 Å². The fourth-order valence-corrected chi connectivity index (χ4v) is 3.10. The molecule has 116 valence electrons. The van der Waals surface area contributed by atoms with Crippen molar-refractivity contribution in [2.45, 2.75) is 36.8 Å². The van der Waals surface area contributed by atoms with Crippen molar-refractivity contribution in [3.05, 3.63) is 28.8 Å². The van der Waals surface area contributed by atoms with E-state index in [0.29, 0.717) is 34.2 Å². The lowest BCUT2D eigenvalue weighted by atomic mass is 10.1. The highest BCUT2D eigenvalue weighted by Crippen LogP contribution is 2.42. The third-order valence-electron chi connectivity index (χ3n) is 3.44. The van der Waals surface area contributed by atoms with Crippen LogP contribution in [0.25, 0.3) is 11.5 Å². The number of thioether (sulfide) groups is 1. The maximum absolute atomic E-state index is 10.4. The van der Waals surface area contributed by atoms with Crippen molar-refractivity contribution in [1.29, 1.82) is 0 Å². The van der Waals surface area contributed by atoms with E-state index >= 15 is 0 Å². The molecular weight excluding hydrogens is 324 g/mol. The SMILES string of the molecule is O=C(O)CCCSc1nnc(-c2ccc(C3CC3)cc2Cl)o1. The monoisotopic (exact) mass is 338 g/mol. The molecule has 0 radical (unpaired) electrons. The highest BCUT2D eigenvalue weighted by atomic mass is 35.5. The van der Waals surface area contributed by atoms with Crippen LogP contribution in [0.3, 0.4) is 0 Å². The second-order valence-corrected chi connectivity index (χ2v) is 6.69. The largest absolute Gasteiger partial charge is 0.481 e. The molecule has 1 fully saturated rings. The Balaban J connectivity index is 1.64. The topological polar surface area (TPSA) is 76.2 Å². The van der Waals surface area contributed by atoms with Gasteiger partial charge < -0.3 is 9.52 Å². The quantitative estimate of drug-likeness (QED) is 0.601. The lowest BCUT2D eigenvalue weighted by molar-refractivity contribution is -0.137. The molecule has 1 aromatic heterocycles. The van der Waals surface area contributed by atoms with E-state index < -0.39 is 5.97 Å². The van der Waals surface area contributed by atoms with Gasteiger partial charge in [0.25, 0.3) is 5.22 Å². The number of halogens is 1. The molecule has 2 aromatic rings. The Hall–Kier alpha value is -1.53. The number of hydrogen-bond donors (Lipinski definition) is 1. The first-order valence-corrected chi connectivity index (χ1v) is 8.48. The minimum Gasteiger partial charge on any atom is -0.481 e. The van der Waals surface area contributed by atoms with Crippen molar-refractivity contribution < 1.29 is 14.3 Å². The lowest BCUT2D eigenvalue weighted by Crippen LogP contribution is -1.94. The van der Waals surface area contributed by atoms with Gasteiger partial charge in [-0.1, -0.05) is 29.4 Å². The summed E-state index contributed by atoms with van der Waals surface area (Å²) in [7, 11) is 0. The molecule has 3 rings (SSSR count). The summed E-state index contributed by atoms with van der Waals surface area (Å²) in [5.41, 5.74) is 1.99. The van der Waals surface area contributed by atoms with Gasteiger partial charge in [-0.25, -0.2) is 0 Å². The normalized spacial score (nSPS) is 14.2. The number of benzene rings is 1. The number of carboxylic acids is 1. The molecule has 7 heteroatoms. The molecular formula is C15H15ClN2O3S. The molecule has 1 heterocycles. The number of aromatic nitrogens is 2. The summed E-state index contributed by atoms with van der Waals surface area (Å²) in [6.45, 7) is 0. The van der Waals surface area contributed by atoms with E-state index in [9.17, 15) is 4.79 Å². The summed E-state index contributed by atoms with van der Waals surface area (Å²) in [6.07, 6.45) is 3.16. The Labute approximate surface area is 137 Å². The van der Waals surface area contributed by atoms with Crippen LogP contribution in [0.2, 0.25) is 5.02 Å². The van der Waals surface area contributed by atoms with E-state index in [1.54, 1.807) is 0 Å². The molecule has 1 aliphatic carbocycles. The Kier molecular flexibility index (Phi) is 4.69. The van der Waals surface area contributed by atoms with E-state index in [4.69, 9.17) is 21.1 Å². The minimum absolute atomic E-state index is 0.141. The number of rotatable bonds is 7. The van der Waals surface area contributed by atoms with Crippen LogP contribution in [-0.4, -0.2) is 27.0 Å². The van der Waals surface area contributed by atoms with Gasteiger partial charge in [-0.05, 0) is 42.9 Å². The van der Waals surface area contributed by atoms with Crippen LogP contribution >= 0.6 is 23.4 Å². The van der Waals surface area contributed by atoms with E-state index in [-0.39, 0.29) is 6.42 Å². The average molecular weight is 339 g/mol. The van der Waals surface area contributed by atoms with E-state index in [0.717, 1.165) is 5.56 Å². The average Bonchev–Trinajstić information content (AvgIpc) is 3.23. The fourth-order valence-electron chi connectivity index (χ4n) is 2.14. The maximum atomic E-state index is 10.4. The molecule has 5 nitrogen and oxygen atoms in total. The summed E-state index contributed by atoms with van der Waals surface area (Å²) in [4.78, 5) is 10.4. The first-order chi connectivity index (χ1) is 10.6. The van der Waals surface area contributed by atoms with Crippen molar-refractivity contribution in [2.75, 3.05) is 5.75 Å². The van der Waals surface area contributed by atoms with Crippen LogP contribution < -0.4 is 0 Å². The third-order valence-corrected chi connectivity index (χ3v) is 4.66. The smallest absolute Gasteiger partial charge is 0.303 e. The van der Waals surface area contributed by atoms with Gasteiger partial charge in [0.1, 0.15) is 0 Å². The second kappa shape index (κ2) is 6.71. The minimum atomic E-state index is -0.797. The lowest BCUT2D eigenvalue weighted by Gasteiger charge is -2.02. The first-order valence-electron chi connectivity index (χ1n) is 7.11. The Morgan fingerprint density at radius 2 is 2.23 bits per heavy atom. The Morgan fingerprint density at radius 1 is 1.41 bits per heavy atom. The second-order valence-electron chi connectivity index (χ2n) is 5.23. The molecule has 1 aliphatic rings. The van der Waals surface area contributed by atoms with Gasteiger partial charge in [-0.15, -0.1) is 10.2 Å². The van der Waals surface area contributed by atoms with Crippen LogP contribution in [0.1, 0.15) is 37.2 Å². The molecule has 0 unspecified atom stereocenters. The Morgan fingerprint density at radius 3 is 2.91 bits per heavy atom. The third kappa shape index (κ3) is 3.81.